The average Bonchev–Trinajstić information content (AvgIpc) is 2.80. The molecule has 1 atom stereocenters. The van der Waals surface area contributed by atoms with Crippen LogP contribution in [0.3, 0.4) is 0 Å². The molecule has 0 saturated carbocycles. The van der Waals surface area contributed by atoms with Gasteiger partial charge >= 0.3 is 0 Å². The van der Waals surface area contributed by atoms with Crippen molar-refractivity contribution in [1.82, 2.24) is 20.0 Å². The molecule has 2 heterocycles. The number of rotatable bonds is 4. The number of nitrogens with zero attached hydrogens (tertiary/aromatic N) is 2. The van der Waals surface area contributed by atoms with Crippen molar-refractivity contribution in [3.8, 4) is 0 Å². The van der Waals surface area contributed by atoms with E-state index in [1.165, 1.54) is 12.4 Å². The van der Waals surface area contributed by atoms with Crippen LogP contribution in [0.5, 0.6) is 0 Å². The maximum Gasteiger partial charge on any atom is 0.259 e. The summed E-state index contributed by atoms with van der Waals surface area (Å²) in [5.74, 6) is 0. The SMILES string of the molecule is Cc1nccnc1S(=O)(=O)NCC1CCCN1.Cl. The van der Waals surface area contributed by atoms with Gasteiger partial charge in [0.25, 0.3) is 10.0 Å². The van der Waals surface area contributed by atoms with E-state index >= 15 is 0 Å². The van der Waals surface area contributed by atoms with E-state index in [0.29, 0.717) is 12.2 Å². The lowest BCUT2D eigenvalue weighted by Crippen LogP contribution is -2.37. The molecule has 2 rings (SSSR count). The fourth-order valence-electron chi connectivity index (χ4n) is 1.87. The number of sulfonamides is 1. The number of hydrogen-bond acceptors (Lipinski definition) is 5. The summed E-state index contributed by atoms with van der Waals surface area (Å²) < 4.78 is 26.5. The third kappa shape index (κ3) is 3.61. The van der Waals surface area contributed by atoms with E-state index in [-0.39, 0.29) is 23.5 Å². The van der Waals surface area contributed by atoms with Crippen LogP contribution in [0.2, 0.25) is 0 Å². The molecule has 1 aromatic heterocycles. The maximum absolute atomic E-state index is 12.0. The molecule has 1 aromatic rings. The van der Waals surface area contributed by atoms with E-state index in [2.05, 4.69) is 20.0 Å². The molecule has 6 nitrogen and oxygen atoms in total. The molecular weight excluding hydrogens is 276 g/mol. The molecule has 0 spiro atoms. The second-order valence-electron chi connectivity index (χ2n) is 4.09. The predicted octanol–water partition coefficient (Wildman–Crippen LogP) is 0.237. The summed E-state index contributed by atoms with van der Waals surface area (Å²) in [4.78, 5) is 7.79. The normalized spacial score (nSPS) is 19.5. The van der Waals surface area contributed by atoms with Crippen LogP contribution >= 0.6 is 12.4 Å². The van der Waals surface area contributed by atoms with Gasteiger partial charge in [0.05, 0.1) is 5.69 Å². The zero-order valence-corrected chi connectivity index (χ0v) is 11.7. The molecule has 1 aliphatic heterocycles. The van der Waals surface area contributed by atoms with Crippen molar-refractivity contribution < 1.29 is 8.42 Å². The summed E-state index contributed by atoms with van der Waals surface area (Å²) in [5, 5.41) is 3.24. The van der Waals surface area contributed by atoms with Crippen molar-refractivity contribution in [2.45, 2.75) is 30.8 Å². The summed E-state index contributed by atoms with van der Waals surface area (Å²) in [7, 11) is -3.54. The van der Waals surface area contributed by atoms with Gasteiger partial charge < -0.3 is 5.32 Å². The van der Waals surface area contributed by atoms with E-state index in [0.717, 1.165) is 19.4 Å². The van der Waals surface area contributed by atoms with Gasteiger partial charge in [0.1, 0.15) is 0 Å². The average molecular weight is 293 g/mol. The van der Waals surface area contributed by atoms with Gasteiger partial charge in [-0.05, 0) is 26.3 Å². The molecule has 0 amide bonds. The van der Waals surface area contributed by atoms with Gasteiger partial charge in [-0.25, -0.2) is 18.1 Å². The lowest BCUT2D eigenvalue weighted by atomic mass is 10.2. The standard InChI is InChI=1S/C10H16N4O2S.ClH/c1-8-10(13-6-5-11-8)17(15,16)14-7-9-3-2-4-12-9;/h5-6,9,12,14H,2-4,7H2,1H3;1H. The number of hydrogen-bond donors (Lipinski definition) is 2. The molecule has 0 aromatic carbocycles. The molecule has 0 aliphatic carbocycles. The van der Waals surface area contributed by atoms with E-state index in [9.17, 15) is 8.42 Å². The Balaban J connectivity index is 0.00000162. The fraction of sp³-hybridized carbons (Fsp3) is 0.600. The smallest absolute Gasteiger partial charge is 0.259 e. The summed E-state index contributed by atoms with van der Waals surface area (Å²) in [5.41, 5.74) is 0.416. The Labute approximate surface area is 113 Å². The number of halogens is 1. The molecule has 102 valence electrons. The van der Waals surface area contributed by atoms with Crippen LogP contribution in [-0.2, 0) is 10.0 Å². The highest BCUT2D eigenvalue weighted by Crippen LogP contribution is 2.09. The van der Waals surface area contributed by atoms with Crippen molar-refractivity contribution in [3.05, 3.63) is 18.1 Å². The zero-order chi connectivity index (χ0) is 12.3. The third-order valence-electron chi connectivity index (χ3n) is 2.77. The summed E-state index contributed by atoms with van der Waals surface area (Å²) in [6, 6.07) is 0.224. The molecule has 8 heteroatoms. The maximum atomic E-state index is 12.0. The number of nitrogens with one attached hydrogen (secondary N) is 2. The molecule has 2 N–H and O–H groups in total. The van der Waals surface area contributed by atoms with Crippen molar-refractivity contribution in [1.29, 1.82) is 0 Å². The lowest BCUT2D eigenvalue weighted by molar-refractivity contribution is 0.548. The first-order valence-corrected chi connectivity index (χ1v) is 7.08. The first-order chi connectivity index (χ1) is 8.09. The van der Waals surface area contributed by atoms with Crippen molar-refractivity contribution in [3.63, 3.8) is 0 Å². The molecule has 18 heavy (non-hydrogen) atoms. The van der Waals surface area contributed by atoms with Crippen molar-refractivity contribution in [2.24, 2.45) is 0 Å². The Bertz CT molecular complexity index is 488. The second-order valence-corrected chi connectivity index (χ2v) is 5.77. The Kier molecular flexibility index (Phi) is 5.46. The molecule has 0 radical (unpaired) electrons. The van der Waals surface area contributed by atoms with Gasteiger partial charge in [0.15, 0.2) is 5.03 Å². The van der Waals surface area contributed by atoms with Crippen molar-refractivity contribution in [2.75, 3.05) is 13.1 Å². The molecule has 1 aliphatic rings. The van der Waals surface area contributed by atoms with Crippen LogP contribution in [0.4, 0.5) is 0 Å². The van der Waals surface area contributed by atoms with E-state index < -0.39 is 10.0 Å². The lowest BCUT2D eigenvalue weighted by Gasteiger charge is -2.12. The van der Waals surface area contributed by atoms with Gasteiger partial charge in [0.2, 0.25) is 0 Å². The van der Waals surface area contributed by atoms with Crippen LogP contribution in [-0.4, -0.2) is 37.5 Å². The minimum atomic E-state index is -3.54. The van der Waals surface area contributed by atoms with Crippen molar-refractivity contribution >= 4 is 22.4 Å². The molecule has 1 saturated heterocycles. The van der Waals surface area contributed by atoms with Crippen LogP contribution in [0, 0.1) is 6.92 Å². The summed E-state index contributed by atoms with van der Waals surface area (Å²) in [6.45, 7) is 2.99. The number of aryl methyl sites for hydroxylation is 1. The first kappa shape index (κ1) is 15.3. The minimum Gasteiger partial charge on any atom is -0.313 e. The Hall–Kier alpha value is -0.760. The van der Waals surface area contributed by atoms with Gasteiger partial charge in [-0.3, -0.25) is 4.98 Å². The molecule has 1 fully saturated rings. The van der Waals surface area contributed by atoms with Gasteiger partial charge in [-0.2, -0.15) is 0 Å². The van der Waals surface area contributed by atoms with E-state index in [1.54, 1.807) is 6.92 Å². The largest absolute Gasteiger partial charge is 0.313 e. The Morgan fingerprint density at radius 1 is 1.44 bits per heavy atom. The van der Waals surface area contributed by atoms with Crippen LogP contribution < -0.4 is 10.0 Å². The predicted molar refractivity (Wildman–Crippen MR) is 70.2 cm³/mol. The number of aromatic nitrogens is 2. The Morgan fingerprint density at radius 2 is 2.17 bits per heavy atom. The van der Waals surface area contributed by atoms with E-state index in [1.807, 2.05) is 0 Å². The third-order valence-corrected chi connectivity index (χ3v) is 4.23. The summed E-state index contributed by atoms with van der Waals surface area (Å²) in [6.07, 6.45) is 4.96. The monoisotopic (exact) mass is 292 g/mol. The van der Waals surface area contributed by atoms with Crippen LogP contribution in [0.25, 0.3) is 0 Å². The van der Waals surface area contributed by atoms with Gasteiger partial charge in [-0.1, -0.05) is 0 Å². The first-order valence-electron chi connectivity index (χ1n) is 5.60. The highest BCUT2D eigenvalue weighted by atomic mass is 35.5. The second kappa shape index (κ2) is 6.42. The topological polar surface area (TPSA) is 84.0 Å². The highest BCUT2D eigenvalue weighted by Gasteiger charge is 2.21. The molecule has 1 unspecified atom stereocenters. The van der Waals surface area contributed by atoms with Crippen LogP contribution in [0.15, 0.2) is 17.4 Å². The molecule has 0 bridgehead atoms. The Morgan fingerprint density at radius 3 is 2.78 bits per heavy atom. The highest BCUT2D eigenvalue weighted by molar-refractivity contribution is 7.89. The van der Waals surface area contributed by atoms with Gasteiger partial charge in [-0.15, -0.1) is 12.4 Å². The quantitative estimate of drug-likeness (QED) is 0.830. The minimum absolute atomic E-state index is 0. The van der Waals surface area contributed by atoms with Gasteiger partial charge in [0, 0.05) is 25.0 Å². The van der Waals surface area contributed by atoms with E-state index in [4.69, 9.17) is 0 Å². The molecular formula is C10H17ClN4O2S. The van der Waals surface area contributed by atoms with Crippen LogP contribution in [0.1, 0.15) is 18.5 Å². The summed E-state index contributed by atoms with van der Waals surface area (Å²) >= 11 is 0. The zero-order valence-electron chi connectivity index (χ0n) is 10.1. The fourth-order valence-corrected chi connectivity index (χ4v) is 3.07.